The minimum absolute atomic E-state index is 0.114. The molecule has 1 unspecified atom stereocenters. The van der Waals surface area contributed by atoms with Gasteiger partial charge in [-0.1, -0.05) is 36.7 Å². The average molecular weight is 362 g/mol. The lowest BCUT2D eigenvalue weighted by Crippen LogP contribution is -2.50. The first-order chi connectivity index (χ1) is 12.0. The Bertz CT molecular complexity index is 747. The molecule has 0 bridgehead atoms. The van der Waals surface area contributed by atoms with Gasteiger partial charge in [-0.05, 0) is 36.2 Å². The molecule has 0 radical (unpaired) electrons. The number of halogens is 2. The minimum atomic E-state index is -0.264. The van der Waals surface area contributed by atoms with Gasteiger partial charge in [0.05, 0.1) is 0 Å². The van der Waals surface area contributed by atoms with E-state index in [0.29, 0.717) is 24.7 Å². The lowest BCUT2D eigenvalue weighted by Gasteiger charge is -2.36. The zero-order chi connectivity index (χ0) is 17.8. The van der Waals surface area contributed by atoms with E-state index in [1.807, 2.05) is 30.0 Å². The Morgan fingerprint density at radius 2 is 1.92 bits per heavy atom. The van der Waals surface area contributed by atoms with Gasteiger partial charge in [0.25, 0.3) is 0 Å². The van der Waals surface area contributed by atoms with E-state index in [0.717, 1.165) is 24.5 Å². The highest BCUT2D eigenvalue weighted by atomic mass is 35.5. The average Bonchev–Trinajstić information content (AvgIpc) is 2.61. The van der Waals surface area contributed by atoms with Crippen LogP contribution in [-0.2, 0) is 11.2 Å². The van der Waals surface area contributed by atoms with Crippen LogP contribution in [0.3, 0.4) is 0 Å². The first-order valence-electron chi connectivity index (χ1n) is 8.43. The number of benzene rings is 1. The van der Waals surface area contributed by atoms with Crippen molar-refractivity contribution in [2.75, 3.05) is 31.1 Å². The summed E-state index contributed by atoms with van der Waals surface area (Å²) in [6, 6.07) is 12.0. The van der Waals surface area contributed by atoms with Crippen LogP contribution in [-0.4, -0.2) is 42.0 Å². The Balaban J connectivity index is 1.56. The molecule has 0 N–H and O–H groups in total. The molecule has 2 heterocycles. The molecule has 4 nitrogen and oxygen atoms in total. The Morgan fingerprint density at radius 3 is 2.60 bits per heavy atom. The normalized spacial score (nSPS) is 16.0. The molecule has 0 aliphatic carbocycles. The molecule has 132 valence electrons. The van der Waals surface area contributed by atoms with E-state index in [-0.39, 0.29) is 17.6 Å². The highest BCUT2D eigenvalue weighted by Crippen LogP contribution is 2.18. The maximum Gasteiger partial charge on any atom is 0.225 e. The number of nitrogens with zero attached hydrogens (tertiary/aromatic N) is 3. The largest absolute Gasteiger partial charge is 0.353 e. The summed E-state index contributed by atoms with van der Waals surface area (Å²) < 4.78 is 13.3. The molecule has 1 saturated heterocycles. The second-order valence-electron chi connectivity index (χ2n) is 6.37. The lowest BCUT2D eigenvalue weighted by molar-refractivity contribution is -0.135. The summed E-state index contributed by atoms with van der Waals surface area (Å²) in [6.45, 7) is 4.66. The maximum atomic E-state index is 13.3. The predicted molar refractivity (Wildman–Crippen MR) is 97.3 cm³/mol. The van der Waals surface area contributed by atoms with Gasteiger partial charge in [-0.3, -0.25) is 4.79 Å². The fourth-order valence-electron chi connectivity index (χ4n) is 3.15. The maximum absolute atomic E-state index is 13.3. The zero-order valence-corrected chi connectivity index (χ0v) is 14.9. The first-order valence-corrected chi connectivity index (χ1v) is 8.81. The highest BCUT2D eigenvalue weighted by molar-refractivity contribution is 6.29. The summed E-state index contributed by atoms with van der Waals surface area (Å²) in [7, 11) is 0. The van der Waals surface area contributed by atoms with Gasteiger partial charge >= 0.3 is 0 Å². The highest BCUT2D eigenvalue weighted by Gasteiger charge is 2.25. The number of amides is 1. The number of pyridine rings is 1. The Labute approximate surface area is 152 Å². The monoisotopic (exact) mass is 361 g/mol. The SMILES string of the molecule is CC(Cc1cccc(F)c1)C(=O)N1CCN(c2cccc(Cl)n2)CC1. The Morgan fingerprint density at radius 1 is 1.20 bits per heavy atom. The molecule has 1 atom stereocenters. The molecule has 6 heteroatoms. The molecule has 2 aromatic rings. The van der Waals surface area contributed by atoms with Gasteiger partial charge in [0.1, 0.15) is 16.8 Å². The lowest BCUT2D eigenvalue weighted by atomic mass is 9.99. The van der Waals surface area contributed by atoms with Crippen molar-refractivity contribution in [3.05, 3.63) is 59.0 Å². The van der Waals surface area contributed by atoms with Crippen LogP contribution >= 0.6 is 11.6 Å². The fraction of sp³-hybridized carbons (Fsp3) is 0.368. The molecular formula is C19H21ClFN3O. The molecule has 3 rings (SSSR count). The molecule has 1 aliphatic rings. The second kappa shape index (κ2) is 7.83. The Kier molecular flexibility index (Phi) is 5.53. The molecule has 1 aromatic heterocycles. The van der Waals surface area contributed by atoms with Crippen LogP contribution < -0.4 is 4.90 Å². The van der Waals surface area contributed by atoms with Crippen LogP contribution in [0.1, 0.15) is 12.5 Å². The van der Waals surface area contributed by atoms with Gasteiger partial charge in [0.2, 0.25) is 5.91 Å². The van der Waals surface area contributed by atoms with Crippen molar-refractivity contribution >= 4 is 23.3 Å². The number of carbonyl (C=O) groups is 1. The summed E-state index contributed by atoms with van der Waals surface area (Å²) in [5, 5.41) is 0.472. The van der Waals surface area contributed by atoms with E-state index in [9.17, 15) is 9.18 Å². The number of anilines is 1. The molecule has 1 amide bonds. The Hall–Kier alpha value is -2.14. The smallest absolute Gasteiger partial charge is 0.225 e. The third kappa shape index (κ3) is 4.48. The van der Waals surface area contributed by atoms with Crippen LogP contribution in [0.2, 0.25) is 5.15 Å². The standard InChI is InChI=1S/C19H21ClFN3O/c1-14(12-15-4-2-5-16(21)13-15)19(25)24-10-8-23(9-11-24)18-7-3-6-17(20)22-18/h2-7,13-14H,8-12H2,1H3. The summed E-state index contributed by atoms with van der Waals surface area (Å²) in [4.78, 5) is 21.0. The van der Waals surface area contributed by atoms with Crippen LogP contribution in [0.4, 0.5) is 10.2 Å². The summed E-state index contributed by atoms with van der Waals surface area (Å²) >= 11 is 5.94. The third-order valence-electron chi connectivity index (χ3n) is 4.47. The quantitative estimate of drug-likeness (QED) is 0.783. The van der Waals surface area contributed by atoms with E-state index in [1.54, 1.807) is 12.1 Å². The van der Waals surface area contributed by atoms with Crippen molar-refractivity contribution in [1.29, 1.82) is 0 Å². The van der Waals surface area contributed by atoms with Crippen molar-refractivity contribution in [3.8, 4) is 0 Å². The van der Waals surface area contributed by atoms with Crippen LogP contribution in [0.15, 0.2) is 42.5 Å². The first kappa shape index (κ1) is 17.7. The van der Waals surface area contributed by atoms with Crippen molar-refractivity contribution in [3.63, 3.8) is 0 Å². The van der Waals surface area contributed by atoms with Crippen molar-refractivity contribution in [1.82, 2.24) is 9.88 Å². The minimum Gasteiger partial charge on any atom is -0.353 e. The van der Waals surface area contributed by atoms with Crippen LogP contribution in [0, 0.1) is 11.7 Å². The molecule has 1 aliphatic heterocycles. The molecule has 0 spiro atoms. The number of rotatable bonds is 4. The second-order valence-corrected chi connectivity index (χ2v) is 6.75. The van der Waals surface area contributed by atoms with E-state index in [4.69, 9.17) is 11.6 Å². The van der Waals surface area contributed by atoms with Gasteiger partial charge in [-0.2, -0.15) is 0 Å². The predicted octanol–water partition coefficient (Wildman–Crippen LogP) is 3.40. The number of hydrogen-bond donors (Lipinski definition) is 0. The number of aromatic nitrogens is 1. The van der Waals surface area contributed by atoms with Gasteiger partial charge < -0.3 is 9.80 Å². The van der Waals surface area contributed by atoms with Gasteiger partial charge in [0.15, 0.2) is 0 Å². The molecule has 0 saturated carbocycles. The van der Waals surface area contributed by atoms with Gasteiger partial charge in [-0.25, -0.2) is 9.37 Å². The molecule has 1 aromatic carbocycles. The van der Waals surface area contributed by atoms with E-state index in [1.165, 1.54) is 12.1 Å². The summed E-state index contributed by atoms with van der Waals surface area (Å²) in [6.07, 6.45) is 0.548. The van der Waals surface area contributed by atoms with E-state index < -0.39 is 0 Å². The number of hydrogen-bond acceptors (Lipinski definition) is 3. The fourth-order valence-corrected chi connectivity index (χ4v) is 3.31. The van der Waals surface area contributed by atoms with E-state index >= 15 is 0 Å². The molecular weight excluding hydrogens is 341 g/mol. The molecule has 25 heavy (non-hydrogen) atoms. The van der Waals surface area contributed by atoms with Gasteiger partial charge in [0, 0.05) is 32.1 Å². The van der Waals surface area contributed by atoms with Crippen molar-refractivity contribution in [2.45, 2.75) is 13.3 Å². The molecule has 1 fully saturated rings. The van der Waals surface area contributed by atoms with Crippen LogP contribution in [0.5, 0.6) is 0 Å². The van der Waals surface area contributed by atoms with Gasteiger partial charge in [-0.15, -0.1) is 0 Å². The number of carbonyl (C=O) groups excluding carboxylic acids is 1. The summed E-state index contributed by atoms with van der Waals surface area (Å²) in [5.41, 5.74) is 0.850. The van der Waals surface area contributed by atoms with Crippen molar-refractivity contribution in [2.24, 2.45) is 5.92 Å². The topological polar surface area (TPSA) is 36.4 Å². The van der Waals surface area contributed by atoms with Crippen molar-refractivity contribution < 1.29 is 9.18 Å². The third-order valence-corrected chi connectivity index (χ3v) is 4.68. The van der Waals surface area contributed by atoms with Crippen LogP contribution in [0.25, 0.3) is 0 Å². The number of piperazine rings is 1. The van der Waals surface area contributed by atoms with E-state index in [2.05, 4.69) is 9.88 Å². The summed E-state index contributed by atoms with van der Waals surface area (Å²) in [5.74, 6) is 0.521. The zero-order valence-electron chi connectivity index (χ0n) is 14.2.